The summed E-state index contributed by atoms with van der Waals surface area (Å²) in [6.07, 6.45) is -5.20. The summed E-state index contributed by atoms with van der Waals surface area (Å²) in [5, 5.41) is 2.33. The molecule has 0 spiro atoms. The van der Waals surface area contributed by atoms with Crippen molar-refractivity contribution in [3.8, 4) is 0 Å². The van der Waals surface area contributed by atoms with Gasteiger partial charge in [0.15, 0.2) is 6.10 Å². The third-order valence-electron chi connectivity index (χ3n) is 4.09. The molecule has 1 unspecified atom stereocenters. The summed E-state index contributed by atoms with van der Waals surface area (Å²) in [7, 11) is 0. The van der Waals surface area contributed by atoms with Gasteiger partial charge in [-0.3, -0.25) is 4.90 Å². The van der Waals surface area contributed by atoms with Gasteiger partial charge in [0.2, 0.25) is 0 Å². The third-order valence-corrected chi connectivity index (χ3v) is 4.09. The van der Waals surface area contributed by atoms with Crippen LogP contribution in [0.2, 0.25) is 0 Å². The van der Waals surface area contributed by atoms with E-state index in [1.807, 2.05) is 41.3 Å². The molecule has 0 N–H and O–H groups in total. The highest BCUT2D eigenvalue weighted by atomic mass is 19.4. The lowest BCUT2D eigenvalue weighted by atomic mass is 10.0. The van der Waals surface area contributed by atoms with E-state index in [0.717, 1.165) is 11.8 Å². The average Bonchev–Trinajstić information content (AvgIpc) is 2.52. The number of nitrogens with zero attached hydrogens (tertiary/aromatic N) is 1. The molecule has 5 heteroatoms. The van der Waals surface area contributed by atoms with Crippen LogP contribution in [0.15, 0.2) is 42.5 Å². The number of benzene rings is 2. The number of hydrogen-bond acceptors (Lipinski definition) is 2. The second-order valence-electron chi connectivity index (χ2n) is 5.59. The molecule has 0 bridgehead atoms. The maximum absolute atomic E-state index is 12.7. The molecule has 3 rings (SSSR count). The van der Waals surface area contributed by atoms with Crippen molar-refractivity contribution in [2.45, 2.75) is 18.7 Å². The van der Waals surface area contributed by atoms with Gasteiger partial charge < -0.3 is 4.74 Å². The van der Waals surface area contributed by atoms with Gasteiger partial charge in [-0.2, -0.15) is 13.2 Å². The molecular formula is C17H18F3NO. The molecule has 1 atom stereocenters. The van der Waals surface area contributed by atoms with Crippen molar-refractivity contribution in [2.75, 3.05) is 26.2 Å². The first-order chi connectivity index (χ1) is 10.5. The molecule has 118 valence electrons. The Balaban J connectivity index is 1.67. The second-order valence-corrected chi connectivity index (χ2v) is 5.59. The van der Waals surface area contributed by atoms with E-state index in [1.54, 1.807) is 0 Å². The number of alkyl halides is 3. The van der Waals surface area contributed by atoms with E-state index in [-0.39, 0.29) is 13.2 Å². The van der Waals surface area contributed by atoms with E-state index in [1.165, 1.54) is 10.9 Å². The van der Waals surface area contributed by atoms with Crippen LogP contribution in [0.1, 0.15) is 5.56 Å². The molecule has 0 saturated carbocycles. The number of rotatable bonds is 3. The number of halogens is 3. The van der Waals surface area contributed by atoms with Gasteiger partial charge in [0.05, 0.1) is 6.61 Å². The minimum Gasteiger partial charge on any atom is -0.366 e. The van der Waals surface area contributed by atoms with Crippen molar-refractivity contribution in [3.63, 3.8) is 0 Å². The first-order valence-corrected chi connectivity index (χ1v) is 7.41. The predicted octanol–water partition coefficient (Wildman–Crippen LogP) is 3.65. The van der Waals surface area contributed by atoms with Crippen molar-refractivity contribution in [1.82, 2.24) is 4.90 Å². The van der Waals surface area contributed by atoms with Crippen LogP contribution in [-0.2, 0) is 11.2 Å². The molecule has 1 heterocycles. The summed E-state index contributed by atoms with van der Waals surface area (Å²) >= 11 is 0. The first-order valence-electron chi connectivity index (χ1n) is 7.41. The Labute approximate surface area is 127 Å². The van der Waals surface area contributed by atoms with Crippen LogP contribution in [0.25, 0.3) is 10.8 Å². The van der Waals surface area contributed by atoms with Gasteiger partial charge in [0, 0.05) is 19.6 Å². The van der Waals surface area contributed by atoms with Crippen molar-refractivity contribution in [3.05, 3.63) is 48.0 Å². The highest BCUT2D eigenvalue weighted by Crippen LogP contribution is 2.26. The number of ether oxygens (including phenoxy) is 1. The van der Waals surface area contributed by atoms with Gasteiger partial charge in [-0.25, -0.2) is 0 Å². The van der Waals surface area contributed by atoms with Crippen LogP contribution in [0.5, 0.6) is 0 Å². The molecule has 1 aliphatic heterocycles. The highest BCUT2D eigenvalue weighted by Gasteiger charge is 2.43. The van der Waals surface area contributed by atoms with Gasteiger partial charge in [-0.1, -0.05) is 42.5 Å². The molecular weight excluding hydrogens is 291 g/mol. The monoisotopic (exact) mass is 309 g/mol. The fourth-order valence-corrected chi connectivity index (χ4v) is 2.89. The van der Waals surface area contributed by atoms with Gasteiger partial charge in [-0.05, 0) is 22.8 Å². The molecule has 2 nitrogen and oxygen atoms in total. The Bertz CT molecular complexity index is 636. The lowest BCUT2D eigenvalue weighted by molar-refractivity contribution is -0.237. The van der Waals surface area contributed by atoms with Crippen LogP contribution in [-0.4, -0.2) is 43.4 Å². The van der Waals surface area contributed by atoms with Gasteiger partial charge in [0.25, 0.3) is 0 Å². The van der Waals surface area contributed by atoms with Crippen molar-refractivity contribution in [2.24, 2.45) is 0 Å². The molecule has 2 aromatic carbocycles. The minimum absolute atomic E-state index is 0.0751. The zero-order valence-corrected chi connectivity index (χ0v) is 12.1. The summed E-state index contributed by atoms with van der Waals surface area (Å²) in [6.45, 7) is 1.23. The summed E-state index contributed by atoms with van der Waals surface area (Å²) in [6, 6.07) is 14.2. The topological polar surface area (TPSA) is 12.5 Å². The molecule has 1 aliphatic rings. The van der Waals surface area contributed by atoms with E-state index in [4.69, 9.17) is 4.74 Å². The lowest BCUT2D eigenvalue weighted by Crippen LogP contribution is -2.49. The Morgan fingerprint density at radius 3 is 2.68 bits per heavy atom. The standard InChI is InChI=1S/C17H18F3NO/c18-17(19,20)16-12-21(10-11-22-16)9-8-14-6-3-5-13-4-1-2-7-15(13)14/h1-7,16H,8-12H2. The Hall–Kier alpha value is -1.59. The van der Waals surface area contributed by atoms with Crippen LogP contribution >= 0.6 is 0 Å². The number of morpholine rings is 1. The van der Waals surface area contributed by atoms with Crippen molar-refractivity contribution in [1.29, 1.82) is 0 Å². The zero-order valence-electron chi connectivity index (χ0n) is 12.1. The summed E-state index contributed by atoms with van der Waals surface area (Å²) in [5.41, 5.74) is 1.17. The van der Waals surface area contributed by atoms with E-state index in [0.29, 0.717) is 13.1 Å². The molecule has 0 amide bonds. The van der Waals surface area contributed by atoms with Gasteiger partial charge in [-0.15, -0.1) is 0 Å². The van der Waals surface area contributed by atoms with Crippen molar-refractivity contribution < 1.29 is 17.9 Å². The van der Waals surface area contributed by atoms with Crippen molar-refractivity contribution >= 4 is 10.8 Å². The van der Waals surface area contributed by atoms with Crippen LogP contribution < -0.4 is 0 Å². The summed E-state index contributed by atoms with van der Waals surface area (Å²) in [4.78, 5) is 1.84. The first kappa shape index (κ1) is 15.3. The van der Waals surface area contributed by atoms with Crippen LogP contribution in [0.3, 0.4) is 0 Å². The molecule has 0 radical (unpaired) electrons. The van der Waals surface area contributed by atoms with Gasteiger partial charge in [0.1, 0.15) is 0 Å². The fourth-order valence-electron chi connectivity index (χ4n) is 2.89. The van der Waals surface area contributed by atoms with Gasteiger partial charge >= 0.3 is 6.18 Å². The molecule has 1 saturated heterocycles. The molecule has 2 aromatic rings. The summed E-state index contributed by atoms with van der Waals surface area (Å²) in [5.74, 6) is 0. The maximum Gasteiger partial charge on any atom is 0.415 e. The largest absolute Gasteiger partial charge is 0.415 e. The number of fused-ring (bicyclic) bond motifs is 1. The Morgan fingerprint density at radius 1 is 1.09 bits per heavy atom. The quantitative estimate of drug-likeness (QED) is 0.858. The molecule has 22 heavy (non-hydrogen) atoms. The SMILES string of the molecule is FC(F)(F)C1CN(CCc2cccc3ccccc23)CCO1. The van der Waals surface area contributed by atoms with E-state index < -0.39 is 12.3 Å². The minimum atomic E-state index is -4.28. The van der Waals surface area contributed by atoms with Crippen LogP contribution in [0, 0.1) is 0 Å². The Kier molecular flexibility index (Phi) is 4.36. The molecule has 0 aliphatic carbocycles. The van der Waals surface area contributed by atoms with Crippen LogP contribution in [0.4, 0.5) is 13.2 Å². The summed E-state index contributed by atoms with van der Waals surface area (Å²) < 4.78 is 43.0. The fraction of sp³-hybridized carbons (Fsp3) is 0.412. The van der Waals surface area contributed by atoms with E-state index in [2.05, 4.69) is 6.07 Å². The maximum atomic E-state index is 12.7. The average molecular weight is 309 g/mol. The highest BCUT2D eigenvalue weighted by molar-refractivity contribution is 5.85. The molecule has 0 aromatic heterocycles. The van der Waals surface area contributed by atoms with E-state index >= 15 is 0 Å². The van der Waals surface area contributed by atoms with E-state index in [9.17, 15) is 13.2 Å². The normalized spacial score (nSPS) is 20.4. The third kappa shape index (κ3) is 3.42. The lowest BCUT2D eigenvalue weighted by Gasteiger charge is -2.33. The Morgan fingerprint density at radius 2 is 1.86 bits per heavy atom. The predicted molar refractivity (Wildman–Crippen MR) is 79.9 cm³/mol. The zero-order chi connectivity index (χ0) is 15.6. The second kappa shape index (κ2) is 6.26. The number of hydrogen-bond donors (Lipinski definition) is 0. The smallest absolute Gasteiger partial charge is 0.366 e. The molecule has 1 fully saturated rings.